The highest BCUT2D eigenvalue weighted by Crippen LogP contribution is 2.20. The maximum Gasteiger partial charge on any atom is 0.164 e. The quantitative estimate of drug-likeness (QED) is 0.767. The summed E-state index contributed by atoms with van der Waals surface area (Å²) in [5.74, 6) is 0. The van der Waals surface area contributed by atoms with Gasteiger partial charge in [-0.15, -0.1) is 24.8 Å². The third-order valence-corrected chi connectivity index (χ3v) is 2.38. The Morgan fingerprint density at radius 1 is 1.57 bits per heavy atom. The molecule has 2 unspecified atom stereocenters. The number of aliphatic hydroxyl groups excluding tert-OH is 1. The molecule has 0 amide bonds. The summed E-state index contributed by atoms with van der Waals surface area (Å²) in [7, 11) is 0. The summed E-state index contributed by atoms with van der Waals surface area (Å²) in [5.41, 5.74) is -1.14. The van der Waals surface area contributed by atoms with E-state index >= 15 is 0 Å². The first-order chi connectivity index (χ1) is 5.61. The predicted octanol–water partition coefficient (Wildman–Crippen LogP) is 0.653. The fraction of sp³-hybridized carbons (Fsp3) is 0.875. The van der Waals surface area contributed by atoms with Crippen molar-refractivity contribution in [1.82, 2.24) is 4.90 Å². The second-order valence-corrected chi connectivity index (χ2v) is 3.12. The van der Waals surface area contributed by atoms with Gasteiger partial charge in [-0.25, -0.2) is 0 Å². The second kappa shape index (κ2) is 6.45. The van der Waals surface area contributed by atoms with Crippen LogP contribution in [0.25, 0.3) is 0 Å². The first-order valence-corrected chi connectivity index (χ1v) is 4.28. The Balaban J connectivity index is 0. The SMILES string of the molecule is CCC(O)(C(C)O)N1C=NCC1.Cl.Cl. The molecule has 0 aliphatic carbocycles. The van der Waals surface area contributed by atoms with E-state index in [0.717, 1.165) is 0 Å². The first-order valence-electron chi connectivity index (χ1n) is 4.28. The topological polar surface area (TPSA) is 56.1 Å². The summed E-state index contributed by atoms with van der Waals surface area (Å²) in [4.78, 5) is 5.68. The molecule has 0 aromatic rings. The molecule has 1 aliphatic heterocycles. The Morgan fingerprint density at radius 3 is 2.43 bits per heavy atom. The van der Waals surface area contributed by atoms with Crippen LogP contribution in [0.2, 0.25) is 0 Å². The lowest BCUT2D eigenvalue weighted by atomic mass is 10.0. The second-order valence-electron chi connectivity index (χ2n) is 3.12. The molecule has 4 nitrogen and oxygen atoms in total. The molecule has 0 fully saturated rings. The van der Waals surface area contributed by atoms with Crippen LogP contribution >= 0.6 is 24.8 Å². The summed E-state index contributed by atoms with van der Waals surface area (Å²) in [5, 5.41) is 19.4. The fourth-order valence-corrected chi connectivity index (χ4v) is 1.41. The zero-order valence-corrected chi connectivity index (χ0v) is 10.0. The normalized spacial score (nSPS) is 20.7. The first kappa shape index (κ1) is 16.4. The monoisotopic (exact) mass is 244 g/mol. The van der Waals surface area contributed by atoms with E-state index < -0.39 is 11.8 Å². The molecular weight excluding hydrogens is 227 g/mol. The maximum absolute atomic E-state index is 9.98. The smallest absolute Gasteiger partial charge is 0.164 e. The van der Waals surface area contributed by atoms with Crippen LogP contribution < -0.4 is 0 Å². The molecule has 6 heteroatoms. The lowest BCUT2D eigenvalue weighted by Crippen LogP contribution is -2.54. The Bertz CT molecular complexity index is 190. The number of halogens is 2. The Morgan fingerprint density at radius 2 is 2.14 bits per heavy atom. The third kappa shape index (κ3) is 2.98. The van der Waals surface area contributed by atoms with E-state index in [2.05, 4.69) is 4.99 Å². The number of hydrogen-bond donors (Lipinski definition) is 2. The maximum atomic E-state index is 9.98. The lowest BCUT2D eigenvalue weighted by molar-refractivity contribution is -0.142. The molecule has 86 valence electrons. The van der Waals surface area contributed by atoms with Gasteiger partial charge in [-0.05, 0) is 13.3 Å². The minimum absolute atomic E-state index is 0. The molecule has 0 radical (unpaired) electrons. The van der Waals surface area contributed by atoms with Crippen LogP contribution in [0.3, 0.4) is 0 Å². The zero-order chi connectivity index (χ0) is 9.19. The van der Waals surface area contributed by atoms with E-state index in [1.165, 1.54) is 0 Å². The minimum atomic E-state index is -1.14. The fourth-order valence-electron chi connectivity index (χ4n) is 1.41. The highest BCUT2D eigenvalue weighted by molar-refractivity contribution is 5.85. The molecule has 2 atom stereocenters. The number of aliphatic imine (C=N–C) groups is 1. The van der Waals surface area contributed by atoms with Gasteiger partial charge < -0.3 is 15.1 Å². The van der Waals surface area contributed by atoms with E-state index in [1.54, 1.807) is 18.2 Å². The van der Waals surface area contributed by atoms with Gasteiger partial charge in [0, 0.05) is 6.54 Å². The molecule has 0 spiro atoms. The van der Waals surface area contributed by atoms with Crippen molar-refractivity contribution in [2.24, 2.45) is 4.99 Å². The standard InChI is InChI=1S/C8H16N2O2.2ClH/c1-3-8(12,7(2)11)10-5-4-9-6-10;;/h6-7,11-12H,3-5H2,1-2H3;2*1H. The Hall–Kier alpha value is -0.0300. The Labute approximate surface area is 96.8 Å². The summed E-state index contributed by atoms with van der Waals surface area (Å²) in [6.07, 6.45) is 1.35. The number of hydrogen-bond acceptors (Lipinski definition) is 4. The van der Waals surface area contributed by atoms with Gasteiger partial charge in [-0.3, -0.25) is 4.99 Å². The Kier molecular flexibility index (Phi) is 7.56. The van der Waals surface area contributed by atoms with E-state index in [-0.39, 0.29) is 24.8 Å². The molecular formula is C8H18Cl2N2O2. The number of aliphatic hydroxyl groups is 2. The molecule has 1 heterocycles. The van der Waals surface area contributed by atoms with Crippen LogP contribution in [-0.2, 0) is 0 Å². The van der Waals surface area contributed by atoms with Crippen LogP contribution in [0.4, 0.5) is 0 Å². The molecule has 0 aromatic carbocycles. The zero-order valence-electron chi connectivity index (χ0n) is 8.38. The van der Waals surface area contributed by atoms with Crippen molar-refractivity contribution in [3.05, 3.63) is 0 Å². The van der Waals surface area contributed by atoms with Crippen molar-refractivity contribution in [3.63, 3.8) is 0 Å². The highest BCUT2D eigenvalue weighted by atomic mass is 35.5. The van der Waals surface area contributed by atoms with E-state index in [9.17, 15) is 10.2 Å². The van der Waals surface area contributed by atoms with Crippen molar-refractivity contribution in [2.75, 3.05) is 13.1 Å². The van der Waals surface area contributed by atoms with E-state index in [4.69, 9.17) is 0 Å². The molecule has 14 heavy (non-hydrogen) atoms. The van der Waals surface area contributed by atoms with Crippen LogP contribution in [-0.4, -0.2) is 46.4 Å². The van der Waals surface area contributed by atoms with Gasteiger partial charge in [0.25, 0.3) is 0 Å². The minimum Gasteiger partial charge on any atom is -0.388 e. The van der Waals surface area contributed by atoms with Crippen molar-refractivity contribution in [2.45, 2.75) is 32.1 Å². The van der Waals surface area contributed by atoms with Crippen LogP contribution in [0, 0.1) is 0 Å². The van der Waals surface area contributed by atoms with Gasteiger partial charge in [0.05, 0.1) is 19.0 Å². The summed E-state index contributed by atoms with van der Waals surface area (Å²) < 4.78 is 0. The van der Waals surface area contributed by atoms with Gasteiger partial charge in [0.15, 0.2) is 5.72 Å². The van der Waals surface area contributed by atoms with Crippen molar-refractivity contribution < 1.29 is 10.2 Å². The van der Waals surface area contributed by atoms with Gasteiger partial charge >= 0.3 is 0 Å². The summed E-state index contributed by atoms with van der Waals surface area (Å²) in [6, 6.07) is 0. The van der Waals surface area contributed by atoms with Crippen molar-refractivity contribution in [3.8, 4) is 0 Å². The van der Waals surface area contributed by atoms with Gasteiger partial charge in [0.1, 0.15) is 0 Å². The highest BCUT2D eigenvalue weighted by Gasteiger charge is 2.37. The molecule has 0 aromatic heterocycles. The van der Waals surface area contributed by atoms with Crippen LogP contribution in [0.15, 0.2) is 4.99 Å². The van der Waals surface area contributed by atoms with Crippen molar-refractivity contribution in [1.29, 1.82) is 0 Å². The number of rotatable bonds is 3. The molecule has 1 rings (SSSR count). The van der Waals surface area contributed by atoms with Gasteiger partial charge in [-0.1, -0.05) is 6.92 Å². The molecule has 0 saturated heterocycles. The summed E-state index contributed by atoms with van der Waals surface area (Å²) in [6.45, 7) is 4.83. The lowest BCUT2D eigenvalue weighted by Gasteiger charge is -2.38. The van der Waals surface area contributed by atoms with E-state index in [0.29, 0.717) is 19.5 Å². The number of nitrogens with zero attached hydrogens (tertiary/aromatic N) is 2. The van der Waals surface area contributed by atoms with Crippen LogP contribution in [0.1, 0.15) is 20.3 Å². The van der Waals surface area contributed by atoms with Crippen molar-refractivity contribution >= 4 is 31.2 Å². The van der Waals surface area contributed by atoms with Gasteiger partial charge in [-0.2, -0.15) is 0 Å². The largest absolute Gasteiger partial charge is 0.388 e. The third-order valence-electron chi connectivity index (χ3n) is 2.38. The predicted molar refractivity (Wildman–Crippen MR) is 61.5 cm³/mol. The molecule has 2 N–H and O–H groups in total. The molecule has 0 bridgehead atoms. The molecule has 1 aliphatic rings. The average molecular weight is 245 g/mol. The van der Waals surface area contributed by atoms with E-state index in [1.807, 2.05) is 6.92 Å². The average Bonchev–Trinajstić information content (AvgIpc) is 2.54. The summed E-state index contributed by atoms with van der Waals surface area (Å²) >= 11 is 0. The molecule has 0 saturated carbocycles. The van der Waals surface area contributed by atoms with Crippen LogP contribution in [0.5, 0.6) is 0 Å². The van der Waals surface area contributed by atoms with Gasteiger partial charge in [0.2, 0.25) is 0 Å².